The van der Waals surface area contributed by atoms with Gasteiger partial charge >= 0.3 is 23.1 Å². The third-order valence-electron chi connectivity index (χ3n) is 0.379. The van der Waals surface area contributed by atoms with E-state index in [-0.39, 0.29) is 42.9 Å². The van der Waals surface area contributed by atoms with E-state index in [1.165, 1.54) is 0 Å². The molecule has 1 aromatic heterocycles. The number of halogens is 1. The fourth-order valence-corrected chi connectivity index (χ4v) is 0.589. The van der Waals surface area contributed by atoms with Gasteiger partial charge in [-0.3, -0.25) is 0 Å². The topological polar surface area (TPSA) is 0 Å². The van der Waals surface area contributed by atoms with Crippen LogP contribution in [0.4, 0.5) is 0 Å². The van der Waals surface area contributed by atoms with Gasteiger partial charge in [-0.15, -0.1) is 17.8 Å². The molecule has 0 aliphatic heterocycles. The molecular formula is C5H7ClMgS. The molecule has 42 valence electrons. The Hall–Kier alpha value is 0.756. The molecule has 0 spiro atoms. The largest absolute Gasteiger partial charge is 2.00 e. The molecule has 0 aromatic carbocycles. The molecule has 0 N–H and O–H groups in total. The third kappa shape index (κ3) is 6.76. The summed E-state index contributed by atoms with van der Waals surface area (Å²) in [4.78, 5) is 0. The summed E-state index contributed by atoms with van der Waals surface area (Å²) in [7, 11) is 0. The van der Waals surface area contributed by atoms with E-state index < -0.39 is 0 Å². The van der Waals surface area contributed by atoms with Gasteiger partial charge in [0.25, 0.3) is 0 Å². The van der Waals surface area contributed by atoms with Crippen molar-refractivity contribution in [2.24, 2.45) is 0 Å². The quantitative estimate of drug-likeness (QED) is 0.401. The zero-order chi connectivity index (χ0) is 3.54. The van der Waals surface area contributed by atoms with Crippen LogP contribution in [0.25, 0.3) is 0 Å². The van der Waals surface area contributed by atoms with E-state index in [2.05, 4.69) is 5.38 Å². The fourth-order valence-electron chi connectivity index (χ4n) is 0.196. The molecule has 3 heteroatoms. The van der Waals surface area contributed by atoms with Gasteiger partial charge in [-0.1, -0.05) is 0 Å². The molecule has 1 rings (SSSR count). The van der Waals surface area contributed by atoms with Crippen LogP contribution in [-0.2, 0) is 0 Å². The summed E-state index contributed by atoms with van der Waals surface area (Å²) in [5, 5.41) is 4.89. The van der Waals surface area contributed by atoms with Crippen molar-refractivity contribution >= 4 is 46.8 Å². The minimum atomic E-state index is 0. The maximum atomic E-state index is 2.90. The smallest absolute Gasteiger partial charge is 0.358 e. The van der Waals surface area contributed by atoms with Crippen LogP contribution in [0.2, 0.25) is 0 Å². The molecule has 0 aliphatic rings. The average Bonchev–Trinajstić information content (AvgIpc) is 1.76. The van der Waals surface area contributed by atoms with Crippen molar-refractivity contribution in [3.8, 4) is 0 Å². The molecule has 0 saturated heterocycles. The fraction of sp³-hybridized carbons (Fsp3) is 0. The van der Waals surface area contributed by atoms with Gasteiger partial charge in [0.2, 0.25) is 0 Å². The molecule has 0 unspecified atom stereocenters. The molecule has 0 radical (unpaired) electrons. The summed E-state index contributed by atoms with van der Waals surface area (Å²) in [6, 6.07) is 3.86. The summed E-state index contributed by atoms with van der Waals surface area (Å²) >= 11 is 1.59. The Labute approximate surface area is 76.9 Å². The monoisotopic (exact) mass is 158 g/mol. The van der Waals surface area contributed by atoms with Crippen molar-refractivity contribution in [2.75, 3.05) is 0 Å². The van der Waals surface area contributed by atoms with Crippen LogP contribution >= 0.6 is 23.7 Å². The van der Waals surface area contributed by atoms with Gasteiger partial charge in [0.15, 0.2) is 0 Å². The van der Waals surface area contributed by atoms with Gasteiger partial charge in [-0.2, -0.15) is 11.4 Å². The van der Waals surface area contributed by atoms with Gasteiger partial charge < -0.3 is 18.8 Å². The summed E-state index contributed by atoms with van der Waals surface area (Å²) < 4.78 is 0. The van der Waals surface area contributed by atoms with Crippen molar-refractivity contribution in [2.45, 2.75) is 0 Å². The standard InChI is InChI=1S/C4H3S.CH3.ClH.Mg/c1-2-4-5-3-1;;;/h1-3H;1H3;1H;/q2*-1;;+2. The first kappa shape index (κ1) is 15.9. The molecule has 0 nitrogen and oxygen atoms in total. The zero-order valence-electron chi connectivity index (χ0n) is 4.76. The van der Waals surface area contributed by atoms with E-state index in [0.29, 0.717) is 0 Å². The van der Waals surface area contributed by atoms with E-state index in [9.17, 15) is 0 Å². The average molecular weight is 159 g/mol. The molecule has 1 heterocycles. The maximum absolute atomic E-state index is 2.90. The van der Waals surface area contributed by atoms with Crippen LogP contribution < -0.4 is 0 Å². The minimum Gasteiger partial charge on any atom is -0.358 e. The maximum Gasteiger partial charge on any atom is 2.00 e. The van der Waals surface area contributed by atoms with Crippen LogP contribution in [0, 0.1) is 12.8 Å². The Morgan fingerprint density at radius 2 is 2.00 bits per heavy atom. The van der Waals surface area contributed by atoms with Crippen LogP contribution in [0.5, 0.6) is 0 Å². The minimum absolute atomic E-state index is 0. The summed E-state index contributed by atoms with van der Waals surface area (Å²) in [6.45, 7) is 0. The molecule has 0 aliphatic carbocycles. The van der Waals surface area contributed by atoms with Crippen LogP contribution in [0.1, 0.15) is 0 Å². The Kier molecular flexibility index (Phi) is 21.2. The summed E-state index contributed by atoms with van der Waals surface area (Å²) in [5.41, 5.74) is 0. The summed E-state index contributed by atoms with van der Waals surface area (Å²) in [6.07, 6.45) is 0. The van der Waals surface area contributed by atoms with Crippen molar-refractivity contribution in [1.82, 2.24) is 0 Å². The predicted molar refractivity (Wildman–Crippen MR) is 42.6 cm³/mol. The molecule has 0 fully saturated rings. The number of hydrogen-bond acceptors (Lipinski definition) is 1. The molecule has 0 amide bonds. The van der Waals surface area contributed by atoms with E-state index in [0.717, 1.165) is 0 Å². The SMILES string of the molecule is Cl.[CH3-].[Mg+2].[c-]1cccs1. The molecule has 0 atom stereocenters. The van der Waals surface area contributed by atoms with E-state index >= 15 is 0 Å². The first-order valence-corrected chi connectivity index (χ1v) is 2.27. The van der Waals surface area contributed by atoms with Crippen LogP contribution in [-0.4, -0.2) is 23.1 Å². The number of rotatable bonds is 0. The van der Waals surface area contributed by atoms with Gasteiger partial charge in [0.1, 0.15) is 0 Å². The molecule has 0 bridgehead atoms. The van der Waals surface area contributed by atoms with E-state index in [1.54, 1.807) is 11.3 Å². The predicted octanol–water partition coefficient (Wildman–Crippen LogP) is 2.04. The second-order valence-electron chi connectivity index (χ2n) is 0.731. The van der Waals surface area contributed by atoms with Crippen molar-refractivity contribution in [3.63, 3.8) is 0 Å². The van der Waals surface area contributed by atoms with Crippen molar-refractivity contribution in [3.05, 3.63) is 30.3 Å². The van der Waals surface area contributed by atoms with Crippen molar-refractivity contribution < 1.29 is 0 Å². The van der Waals surface area contributed by atoms with Gasteiger partial charge in [-0.25, -0.2) is 6.07 Å². The van der Waals surface area contributed by atoms with Gasteiger partial charge in [-0.05, 0) is 0 Å². The van der Waals surface area contributed by atoms with Crippen molar-refractivity contribution in [1.29, 1.82) is 0 Å². The van der Waals surface area contributed by atoms with Crippen LogP contribution in [0.3, 0.4) is 0 Å². The normalized spacial score (nSPS) is 5.00. The number of thiophene rings is 1. The van der Waals surface area contributed by atoms with E-state index in [1.807, 2.05) is 17.5 Å². The Bertz CT molecular complexity index is 68.9. The second-order valence-corrected chi connectivity index (χ2v) is 1.47. The molecule has 8 heavy (non-hydrogen) atoms. The molecule has 1 aromatic rings. The van der Waals surface area contributed by atoms with Gasteiger partial charge in [0.05, 0.1) is 0 Å². The molecular weight excluding hydrogens is 152 g/mol. The first-order chi connectivity index (χ1) is 2.50. The molecule has 0 saturated carbocycles. The zero-order valence-corrected chi connectivity index (χ0v) is 7.80. The Morgan fingerprint density at radius 1 is 1.38 bits per heavy atom. The Morgan fingerprint density at radius 3 is 2.12 bits per heavy atom. The van der Waals surface area contributed by atoms with Crippen LogP contribution in [0.15, 0.2) is 17.5 Å². The summed E-state index contributed by atoms with van der Waals surface area (Å²) in [5.74, 6) is 0. The van der Waals surface area contributed by atoms with Gasteiger partial charge in [0, 0.05) is 0 Å². The first-order valence-electron chi connectivity index (χ1n) is 1.40. The number of hydrogen-bond donors (Lipinski definition) is 0. The van der Waals surface area contributed by atoms with E-state index in [4.69, 9.17) is 0 Å². The third-order valence-corrected chi connectivity index (χ3v) is 0.944. The Balaban J connectivity index is -0.0000000833. The second kappa shape index (κ2) is 10.7.